The molecule has 0 spiro atoms. The fourth-order valence-electron chi connectivity index (χ4n) is 1.21. The summed E-state index contributed by atoms with van der Waals surface area (Å²) >= 11 is 8.11. The van der Waals surface area contributed by atoms with Gasteiger partial charge in [-0.1, -0.05) is 15.9 Å². The van der Waals surface area contributed by atoms with Crippen LogP contribution < -0.4 is 11.1 Å². The third-order valence-electron chi connectivity index (χ3n) is 1.94. The molecule has 1 rings (SSSR count). The molecule has 0 aliphatic rings. The molecule has 1 aromatic rings. The van der Waals surface area contributed by atoms with Gasteiger partial charge in [-0.3, -0.25) is 4.79 Å². The minimum absolute atomic E-state index is 0.0329. The van der Waals surface area contributed by atoms with Gasteiger partial charge in [-0.05, 0) is 43.8 Å². The molecule has 0 aromatic heterocycles. The summed E-state index contributed by atoms with van der Waals surface area (Å²) in [5.41, 5.74) is 7.61. The van der Waals surface area contributed by atoms with Crippen molar-refractivity contribution < 1.29 is 4.79 Å². The molecule has 1 aromatic carbocycles. The molecule has 5 heteroatoms. The number of thiocarbonyl (C=S) groups is 1. The minimum Gasteiger partial charge on any atom is -0.376 e. The maximum absolute atomic E-state index is 11.4. The van der Waals surface area contributed by atoms with Crippen LogP contribution in [0.4, 0.5) is 5.69 Å². The van der Waals surface area contributed by atoms with Crippen LogP contribution in [0.25, 0.3) is 0 Å². The van der Waals surface area contributed by atoms with Crippen LogP contribution >= 0.6 is 28.1 Å². The summed E-state index contributed by atoms with van der Waals surface area (Å²) in [6.07, 6.45) is 0. The monoisotopic (exact) mass is 286 g/mol. The number of ketones is 1. The van der Waals surface area contributed by atoms with Gasteiger partial charge >= 0.3 is 0 Å². The van der Waals surface area contributed by atoms with Crippen LogP contribution in [0.2, 0.25) is 0 Å². The molecule has 80 valence electrons. The predicted molar refractivity (Wildman–Crippen MR) is 69.3 cm³/mol. The van der Waals surface area contributed by atoms with E-state index in [4.69, 9.17) is 18.0 Å². The fourth-order valence-corrected chi connectivity index (χ4v) is 1.66. The molecule has 0 bridgehead atoms. The van der Waals surface area contributed by atoms with E-state index in [0.717, 1.165) is 10.0 Å². The smallest absolute Gasteiger partial charge is 0.168 e. The Hall–Kier alpha value is -0.940. The van der Waals surface area contributed by atoms with Crippen LogP contribution in [0, 0.1) is 6.92 Å². The SMILES string of the molecule is CC(=O)c1cc(Br)c(C)cc1NC(N)=S. The number of carbonyl (C=O) groups is 1. The Bertz CT molecular complexity index is 432. The van der Waals surface area contributed by atoms with Crippen molar-refractivity contribution in [2.75, 3.05) is 5.32 Å². The number of Topliss-reactive ketones (excluding diaryl/α,β-unsaturated/α-hetero) is 1. The predicted octanol–water partition coefficient (Wildman–Crippen LogP) is 2.62. The zero-order valence-electron chi connectivity index (χ0n) is 8.43. The number of halogens is 1. The van der Waals surface area contributed by atoms with E-state index in [9.17, 15) is 4.79 Å². The van der Waals surface area contributed by atoms with E-state index < -0.39 is 0 Å². The topological polar surface area (TPSA) is 55.1 Å². The Morgan fingerprint density at radius 2 is 2.13 bits per heavy atom. The number of anilines is 1. The second-order valence-corrected chi connectivity index (χ2v) is 4.49. The van der Waals surface area contributed by atoms with E-state index in [1.54, 1.807) is 6.07 Å². The molecular formula is C10H11BrN2OS. The lowest BCUT2D eigenvalue weighted by atomic mass is 10.1. The van der Waals surface area contributed by atoms with Gasteiger partial charge < -0.3 is 11.1 Å². The van der Waals surface area contributed by atoms with Gasteiger partial charge in [0.25, 0.3) is 0 Å². The third-order valence-corrected chi connectivity index (χ3v) is 2.89. The van der Waals surface area contributed by atoms with Gasteiger partial charge in [0.2, 0.25) is 0 Å². The van der Waals surface area contributed by atoms with Gasteiger partial charge in [0.1, 0.15) is 0 Å². The number of rotatable bonds is 2. The molecule has 0 saturated heterocycles. The van der Waals surface area contributed by atoms with Crippen molar-refractivity contribution in [3.63, 3.8) is 0 Å². The second kappa shape index (κ2) is 4.72. The maximum Gasteiger partial charge on any atom is 0.168 e. The highest BCUT2D eigenvalue weighted by molar-refractivity contribution is 9.10. The molecule has 3 N–H and O–H groups in total. The summed E-state index contributed by atoms with van der Waals surface area (Å²) in [7, 11) is 0. The number of nitrogens with one attached hydrogen (secondary N) is 1. The number of carbonyl (C=O) groups excluding carboxylic acids is 1. The van der Waals surface area contributed by atoms with Crippen molar-refractivity contribution in [2.24, 2.45) is 5.73 Å². The minimum atomic E-state index is -0.0329. The third kappa shape index (κ3) is 3.00. The van der Waals surface area contributed by atoms with Gasteiger partial charge in [-0.2, -0.15) is 0 Å². The Balaban J connectivity index is 3.28. The first-order valence-electron chi connectivity index (χ1n) is 4.29. The normalized spacial score (nSPS) is 9.80. The second-order valence-electron chi connectivity index (χ2n) is 3.19. The van der Waals surface area contributed by atoms with E-state index in [1.165, 1.54) is 6.92 Å². The number of hydrogen-bond acceptors (Lipinski definition) is 2. The van der Waals surface area contributed by atoms with Crippen molar-refractivity contribution in [3.05, 3.63) is 27.7 Å². The van der Waals surface area contributed by atoms with Crippen LogP contribution in [0.1, 0.15) is 22.8 Å². The molecule has 3 nitrogen and oxygen atoms in total. The standard InChI is InChI=1S/C10H11BrN2OS/c1-5-3-9(13-10(12)15)7(6(2)14)4-8(5)11/h3-4H,1-2H3,(H3,12,13,15). The van der Waals surface area contributed by atoms with Gasteiger partial charge in [0, 0.05) is 10.0 Å². The molecule has 0 radical (unpaired) electrons. The van der Waals surface area contributed by atoms with E-state index in [0.29, 0.717) is 11.3 Å². The Morgan fingerprint density at radius 3 is 2.60 bits per heavy atom. The zero-order chi connectivity index (χ0) is 11.6. The van der Waals surface area contributed by atoms with E-state index in [1.807, 2.05) is 13.0 Å². The van der Waals surface area contributed by atoms with Crippen LogP contribution in [0.15, 0.2) is 16.6 Å². The summed E-state index contributed by atoms with van der Waals surface area (Å²) in [5.74, 6) is -0.0329. The van der Waals surface area contributed by atoms with Crippen LogP contribution in [-0.4, -0.2) is 10.9 Å². The highest BCUT2D eigenvalue weighted by Crippen LogP contribution is 2.25. The summed E-state index contributed by atoms with van der Waals surface area (Å²) in [4.78, 5) is 11.4. The molecule has 0 unspecified atom stereocenters. The Morgan fingerprint density at radius 1 is 1.53 bits per heavy atom. The first-order chi connectivity index (χ1) is 6.91. The van der Waals surface area contributed by atoms with Crippen molar-refractivity contribution >= 4 is 44.7 Å². The molecule has 0 heterocycles. The molecule has 0 aliphatic heterocycles. The number of benzene rings is 1. The average Bonchev–Trinajstić information content (AvgIpc) is 2.09. The van der Waals surface area contributed by atoms with Crippen LogP contribution in [0.5, 0.6) is 0 Å². The lowest BCUT2D eigenvalue weighted by molar-refractivity contribution is 0.101. The van der Waals surface area contributed by atoms with Crippen LogP contribution in [0.3, 0.4) is 0 Å². The van der Waals surface area contributed by atoms with Gasteiger partial charge in [-0.25, -0.2) is 0 Å². The summed E-state index contributed by atoms with van der Waals surface area (Å²) < 4.78 is 0.890. The largest absolute Gasteiger partial charge is 0.376 e. The van der Waals surface area contributed by atoms with Crippen molar-refractivity contribution in [2.45, 2.75) is 13.8 Å². The fraction of sp³-hybridized carbons (Fsp3) is 0.200. The highest BCUT2D eigenvalue weighted by Gasteiger charge is 2.10. The summed E-state index contributed by atoms with van der Waals surface area (Å²) in [5, 5.41) is 2.94. The molecular weight excluding hydrogens is 276 g/mol. The number of aryl methyl sites for hydroxylation is 1. The van der Waals surface area contributed by atoms with E-state index >= 15 is 0 Å². The Kier molecular flexibility index (Phi) is 3.82. The number of nitrogens with two attached hydrogens (primary N) is 1. The quantitative estimate of drug-likeness (QED) is 0.648. The highest BCUT2D eigenvalue weighted by atomic mass is 79.9. The van der Waals surface area contributed by atoms with Crippen LogP contribution in [-0.2, 0) is 0 Å². The maximum atomic E-state index is 11.4. The van der Waals surface area contributed by atoms with E-state index in [2.05, 4.69) is 21.2 Å². The molecule has 0 aliphatic carbocycles. The molecule has 15 heavy (non-hydrogen) atoms. The van der Waals surface area contributed by atoms with Gasteiger partial charge in [-0.15, -0.1) is 0 Å². The molecule has 0 saturated carbocycles. The average molecular weight is 287 g/mol. The Labute approximate surface area is 102 Å². The first kappa shape index (κ1) is 12.1. The lowest BCUT2D eigenvalue weighted by Gasteiger charge is -2.11. The van der Waals surface area contributed by atoms with Crippen molar-refractivity contribution in [3.8, 4) is 0 Å². The first-order valence-corrected chi connectivity index (χ1v) is 5.49. The van der Waals surface area contributed by atoms with Gasteiger partial charge in [0.15, 0.2) is 10.9 Å². The van der Waals surface area contributed by atoms with Crippen molar-refractivity contribution in [1.29, 1.82) is 0 Å². The summed E-state index contributed by atoms with van der Waals surface area (Å²) in [6, 6.07) is 3.60. The van der Waals surface area contributed by atoms with E-state index in [-0.39, 0.29) is 10.9 Å². The summed E-state index contributed by atoms with van der Waals surface area (Å²) in [6.45, 7) is 3.43. The molecule has 0 atom stereocenters. The molecule has 0 amide bonds. The molecule has 0 fully saturated rings. The number of hydrogen-bond donors (Lipinski definition) is 2. The zero-order valence-corrected chi connectivity index (χ0v) is 10.8. The lowest BCUT2D eigenvalue weighted by Crippen LogP contribution is -2.20. The van der Waals surface area contributed by atoms with Crippen molar-refractivity contribution in [1.82, 2.24) is 0 Å². The van der Waals surface area contributed by atoms with Gasteiger partial charge in [0.05, 0.1) is 5.69 Å².